The van der Waals surface area contributed by atoms with Crippen molar-refractivity contribution in [3.05, 3.63) is 0 Å². The Morgan fingerprint density at radius 1 is 0.957 bits per heavy atom. The van der Waals surface area contributed by atoms with Crippen LogP contribution in [0.2, 0.25) is 0 Å². The number of rotatable bonds is 6. The van der Waals surface area contributed by atoms with Crippen molar-refractivity contribution >= 4 is 0 Å². The predicted octanol–water partition coefficient (Wildman–Crippen LogP) is 2.68. The fourth-order valence-corrected chi connectivity index (χ4v) is 3.79. The number of piperazine rings is 1. The molecule has 2 aliphatic rings. The Balaban J connectivity index is 1.59. The van der Waals surface area contributed by atoms with Crippen molar-refractivity contribution in [3.63, 3.8) is 0 Å². The SMILES string of the molecule is CC(C)N1CCN(C2CCN(CCCOC(C)(C)C)CC2)CC1. The third-order valence-electron chi connectivity index (χ3n) is 5.31. The monoisotopic (exact) mass is 325 g/mol. The second kappa shape index (κ2) is 8.80. The maximum Gasteiger partial charge on any atom is 0.0598 e. The van der Waals surface area contributed by atoms with Crippen LogP contribution in [0.4, 0.5) is 0 Å². The summed E-state index contributed by atoms with van der Waals surface area (Å²) in [6.07, 6.45) is 3.86. The molecule has 2 fully saturated rings. The molecule has 2 saturated heterocycles. The Hall–Kier alpha value is -0.160. The molecule has 0 amide bonds. The average Bonchev–Trinajstić information content (AvgIpc) is 2.51. The van der Waals surface area contributed by atoms with Gasteiger partial charge in [-0.1, -0.05) is 0 Å². The zero-order chi connectivity index (χ0) is 16.9. The fourth-order valence-electron chi connectivity index (χ4n) is 3.79. The average molecular weight is 326 g/mol. The van der Waals surface area contributed by atoms with Crippen LogP contribution in [0.25, 0.3) is 0 Å². The molecule has 2 heterocycles. The molecule has 0 spiro atoms. The van der Waals surface area contributed by atoms with Crippen LogP contribution >= 0.6 is 0 Å². The van der Waals surface area contributed by atoms with Crippen LogP contribution < -0.4 is 0 Å². The Bertz CT molecular complexity index is 324. The van der Waals surface area contributed by atoms with E-state index in [0.717, 1.165) is 19.1 Å². The molecule has 0 aromatic heterocycles. The maximum atomic E-state index is 5.83. The molecule has 2 aliphatic heterocycles. The highest BCUT2D eigenvalue weighted by molar-refractivity contribution is 4.84. The summed E-state index contributed by atoms with van der Waals surface area (Å²) in [5, 5.41) is 0. The molecule has 4 heteroatoms. The van der Waals surface area contributed by atoms with E-state index in [4.69, 9.17) is 4.74 Å². The van der Waals surface area contributed by atoms with Crippen molar-refractivity contribution in [3.8, 4) is 0 Å². The van der Waals surface area contributed by atoms with E-state index >= 15 is 0 Å². The van der Waals surface area contributed by atoms with Gasteiger partial charge in [-0.15, -0.1) is 0 Å². The lowest BCUT2D eigenvalue weighted by atomic mass is 10.0. The van der Waals surface area contributed by atoms with E-state index in [1.165, 1.54) is 58.7 Å². The van der Waals surface area contributed by atoms with Gasteiger partial charge < -0.3 is 9.64 Å². The van der Waals surface area contributed by atoms with Gasteiger partial charge in [0.25, 0.3) is 0 Å². The Morgan fingerprint density at radius 3 is 2.09 bits per heavy atom. The van der Waals surface area contributed by atoms with Crippen molar-refractivity contribution in [2.24, 2.45) is 0 Å². The highest BCUT2D eigenvalue weighted by Crippen LogP contribution is 2.19. The molecule has 0 aliphatic carbocycles. The summed E-state index contributed by atoms with van der Waals surface area (Å²) in [5.41, 5.74) is 0.00508. The number of piperidine rings is 1. The molecule has 136 valence electrons. The van der Waals surface area contributed by atoms with Crippen molar-refractivity contribution in [1.29, 1.82) is 0 Å². The quantitative estimate of drug-likeness (QED) is 0.699. The molecule has 0 aromatic rings. The van der Waals surface area contributed by atoms with Crippen LogP contribution in [0.1, 0.15) is 53.9 Å². The summed E-state index contributed by atoms with van der Waals surface area (Å²) in [5.74, 6) is 0. The Morgan fingerprint density at radius 2 is 1.57 bits per heavy atom. The number of likely N-dealkylation sites (tertiary alicyclic amines) is 1. The minimum Gasteiger partial charge on any atom is -0.376 e. The van der Waals surface area contributed by atoms with E-state index in [1.54, 1.807) is 0 Å². The topological polar surface area (TPSA) is 19.0 Å². The van der Waals surface area contributed by atoms with Crippen LogP contribution in [0.15, 0.2) is 0 Å². The normalized spacial score (nSPS) is 23.7. The van der Waals surface area contributed by atoms with Crippen LogP contribution in [0.5, 0.6) is 0 Å². The van der Waals surface area contributed by atoms with Crippen LogP contribution in [-0.4, -0.2) is 84.8 Å². The lowest BCUT2D eigenvalue weighted by molar-refractivity contribution is -0.00899. The molecule has 0 unspecified atom stereocenters. The van der Waals surface area contributed by atoms with Gasteiger partial charge in [0.2, 0.25) is 0 Å². The van der Waals surface area contributed by atoms with Gasteiger partial charge in [-0.05, 0) is 67.0 Å². The third-order valence-corrected chi connectivity index (χ3v) is 5.31. The van der Waals surface area contributed by atoms with Gasteiger partial charge in [0, 0.05) is 51.4 Å². The van der Waals surface area contributed by atoms with E-state index in [-0.39, 0.29) is 5.60 Å². The van der Waals surface area contributed by atoms with Gasteiger partial charge in [0.15, 0.2) is 0 Å². The zero-order valence-corrected chi connectivity index (χ0v) is 16.2. The minimum absolute atomic E-state index is 0.00508. The van der Waals surface area contributed by atoms with Gasteiger partial charge in [-0.25, -0.2) is 0 Å². The van der Waals surface area contributed by atoms with Crippen LogP contribution in [-0.2, 0) is 4.74 Å². The molecular formula is C19H39N3O. The number of ether oxygens (including phenoxy) is 1. The molecule has 0 N–H and O–H groups in total. The fraction of sp³-hybridized carbons (Fsp3) is 1.00. The first-order valence-electron chi connectivity index (χ1n) is 9.69. The molecular weight excluding hydrogens is 286 g/mol. The second-order valence-electron chi connectivity index (χ2n) is 8.55. The van der Waals surface area contributed by atoms with E-state index < -0.39 is 0 Å². The Kier molecular flexibility index (Phi) is 7.33. The predicted molar refractivity (Wildman–Crippen MR) is 98.1 cm³/mol. The summed E-state index contributed by atoms with van der Waals surface area (Å²) in [6.45, 7) is 20.7. The van der Waals surface area contributed by atoms with Crippen molar-refractivity contribution < 1.29 is 4.74 Å². The zero-order valence-electron chi connectivity index (χ0n) is 16.2. The minimum atomic E-state index is 0.00508. The largest absolute Gasteiger partial charge is 0.376 e. The van der Waals surface area contributed by atoms with Gasteiger partial charge in [0.1, 0.15) is 0 Å². The second-order valence-corrected chi connectivity index (χ2v) is 8.55. The molecule has 23 heavy (non-hydrogen) atoms. The standard InChI is InChI=1S/C19H39N3O/c1-17(2)21-12-14-22(15-13-21)18-7-10-20(11-8-18)9-6-16-23-19(3,4)5/h17-18H,6-16H2,1-5H3. The Labute approximate surface area is 144 Å². The number of nitrogens with zero attached hydrogens (tertiary/aromatic N) is 3. The smallest absolute Gasteiger partial charge is 0.0598 e. The van der Waals surface area contributed by atoms with Crippen molar-refractivity contribution in [2.45, 2.75) is 71.6 Å². The highest BCUT2D eigenvalue weighted by Gasteiger charge is 2.27. The lowest BCUT2D eigenvalue weighted by Gasteiger charge is -2.43. The van der Waals surface area contributed by atoms with Crippen molar-refractivity contribution in [2.75, 3.05) is 52.4 Å². The maximum absolute atomic E-state index is 5.83. The third kappa shape index (κ3) is 6.69. The molecule has 2 rings (SSSR count). The summed E-state index contributed by atoms with van der Waals surface area (Å²) < 4.78 is 5.83. The first-order valence-corrected chi connectivity index (χ1v) is 9.69. The molecule has 4 nitrogen and oxygen atoms in total. The summed E-state index contributed by atoms with van der Waals surface area (Å²) >= 11 is 0. The molecule has 0 aromatic carbocycles. The van der Waals surface area contributed by atoms with Gasteiger partial charge in [0.05, 0.1) is 5.60 Å². The summed E-state index contributed by atoms with van der Waals surface area (Å²) in [4.78, 5) is 7.99. The number of hydrogen-bond donors (Lipinski definition) is 0. The van der Waals surface area contributed by atoms with Gasteiger partial charge >= 0.3 is 0 Å². The van der Waals surface area contributed by atoms with E-state index in [0.29, 0.717) is 6.04 Å². The van der Waals surface area contributed by atoms with Crippen LogP contribution in [0.3, 0.4) is 0 Å². The van der Waals surface area contributed by atoms with Gasteiger partial charge in [-0.3, -0.25) is 9.80 Å². The molecule has 0 bridgehead atoms. The summed E-state index contributed by atoms with van der Waals surface area (Å²) in [7, 11) is 0. The first-order chi connectivity index (χ1) is 10.8. The molecule has 0 atom stereocenters. The van der Waals surface area contributed by atoms with Crippen LogP contribution in [0, 0.1) is 0 Å². The molecule has 0 saturated carbocycles. The molecule has 0 radical (unpaired) electrons. The summed E-state index contributed by atoms with van der Waals surface area (Å²) in [6, 6.07) is 1.53. The van der Waals surface area contributed by atoms with E-state index in [2.05, 4.69) is 49.3 Å². The highest BCUT2D eigenvalue weighted by atomic mass is 16.5. The van der Waals surface area contributed by atoms with Crippen molar-refractivity contribution in [1.82, 2.24) is 14.7 Å². The first kappa shape index (κ1) is 19.2. The lowest BCUT2D eigenvalue weighted by Crippen LogP contribution is -2.54. The van der Waals surface area contributed by atoms with E-state index in [9.17, 15) is 0 Å². The number of hydrogen-bond acceptors (Lipinski definition) is 4. The van der Waals surface area contributed by atoms with Gasteiger partial charge in [-0.2, -0.15) is 0 Å². The van der Waals surface area contributed by atoms with E-state index in [1.807, 2.05) is 0 Å².